The Balaban J connectivity index is 2.11. The van der Waals surface area contributed by atoms with Crippen LogP contribution in [0.2, 0.25) is 0 Å². The van der Waals surface area contributed by atoms with Crippen molar-refractivity contribution in [1.82, 2.24) is 9.78 Å². The quantitative estimate of drug-likeness (QED) is 0.716. The van der Waals surface area contributed by atoms with Crippen molar-refractivity contribution in [1.29, 1.82) is 0 Å². The van der Waals surface area contributed by atoms with Gasteiger partial charge in [-0.05, 0) is 26.2 Å². The maximum atomic E-state index is 9.25. The van der Waals surface area contributed by atoms with Crippen molar-refractivity contribution in [2.45, 2.75) is 51.8 Å². The summed E-state index contributed by atoms with van der Waals surface area (Å²) in [5, 5.41) is 17.0. The number of nitrogens with two attached hydrogens (primary N) is 1. The highest BCUT2D eigenvalue weighted by Gasteiger charge is 2.28. The molecule has 0 atom stereocenters. The Morgan fingerprint density at radius 3 is 2.81 bits per heavy atom. The molecule has 0 radical (unpaired) electrons. The third-order valence-electron chi connectivity index (χ3n) is 3.06. The summed E-state index contributed by atoms with van der Waals surface area (Å²) >= 11 is 0. The molecular weight excluding hydrogens is 204 g/mol. The first-order valence-corrected chi connectivity index (χ1v) is 5.89. The fourth-order valence-corrected chi connectivity index (χ4v) is 2.02. The van der Waals surface area contributed by atoms with Crippen LogP contribution < -0.4 is 11.1 Å². The second-order valence-electron chi connectivity index (χ2n) is 4.54. The third kappa shape index (κ3) is 2.00. The number of nitrogens with zero attached hydrogens (tertiary/aromatic N) is 2. The molecule has 0 bridgehead atoms. The molecule has 0 aliphatic heterocycles. The molecule has 0 unspecified atom stereocenters. The number of nitrogen functional groups attached to an aromatic ring is 1. The summed E-state index contributed by atoms with van der Waals surface area (Å²) in [6.07, 6.45) is 2.48. The van der Waals surface area contributed by atoms with E-state index in [-0.39, 0.29) is 6.10 Å². The molecule has 5 nitrogen and oxygen atoms in total. The molecule has 1 aliphatic rings. The zero-order valence-electron chi connectivity index (χ0n) is 9.90. The second kappa shape index (κ2) is 4.33. The summed E-state index contributed by atoms with van der Waals surface area (Å²) in [5.74, 6) is 0.913. The van der Waals surface area contributed by atoms with E-state index in [1.165, 1.54) is 0 Å². The molecule has 1 aliphatic carbocycles. The van der Waals surface area contributed by atoms with Crippen LogP contribution in [0.3, 0.4) is 0 Å². The average molecular weight is 224 g/mol. The smallest absolute Gasteiger partial charge is 0.148 e. The molecule has 0 saturated heterocycles. The minimum absolute atomic E-state index is 0.151. The average Bonchev–Trinajstić information content (AvgIpc) is 2.44. The number of hydrogen-bond donors (Lipinski definition) is 3. The maximum Gasteiger partial charge on any atom is 0.148 e. The van der Waals surface area contributed by atoms with Crippen LogP contribution in [0, 0.1) is 6.92 Å². The van der Waals surface area contributed by atoms with Gasteiger partial charge < -0.3 is 16.2 Å². The largest absolute Gasteiger partial charge is 0.394 e. The lowest BCUT2D eigenvalue weighted by Crippen LogP contribution is -2.39. The molecular formula is C11H20N4O. The molecule has 1 aromatic heterocycles. The van der Waals surface area contributed by atoms with E-state index < -0.39 is 0 Å². The van der Waals surface area contributed by atoms with Crippen LogP contribution in [-0.4, -0.2) is 27.0 Å². The molecule has 16 heavy (non-hydrogen) atoms. The molecule has 4 N–H and O–H groups in total. The Hall–Kier alpha value is -1.23. The number of anilines is 2. The zero-order chi connectivity index (χ0) is 11.7. The fraction of sp³-hybridized carbons (Fsp3) is 0.727. The summed E-state index contributed by atoms with van der Waals surface area (Å²) in [6, 6.07) is 0.337. The van der Waals surface area contributed by atoms with Gasteiger partial charge in [-0.2, -0.15) is 5.10 Å². The van der Waals surface area contributed by atoms with Crippen LogP contribution in [-0.2, 0) is 6.54 Å². The first-order chi connectivity index (χ1) is 7.61. The van der Waals surface area contributed by atoms with Crippen molar-refractivity contribution in [3.63, 3.8) is 0 Å². The van der Waals surface area contributed by atoms with Crippen LogP contribution >= 0.6 is 0 Å². The van der Waals surface area contributed by atoms with Crippen molar-refractivity contribution >= 4 is 11.5 Å². The van der Waals surface area contributed by atoms with E-state index in [0.717, 1.165) is 43.0 Å². The number of aryl methyl sites for hydroxylation is 2. The van der Waals surface area contributed by atoms with Gasteiger partial charge in [0.25, 0.3) is 0 Å². The topological polar surface area (TPSA) is 76.1 Å². The van der Waals surface area contributed by atoms with Crippen molar-refractivity contribution in [3.8, 4) is 0 Å². The van der Waals surface area contributed by atoms with Gasteiger partial charge in [0.2, 0.25) is 0 Å². The van der Waals surface area contributed by atoms with Crippen LogP contribution in [0.25, 0.3) is 0 Å². The fourth-order valence-electron chi connectivity index (χ4n) is 2.02. The van der Waals surface area contributed by atoms with E-state index in [0.29, 0.717) is 6.04 Å². The Bertz CT molecular complexity index is 368. The number of aliphatic hydroxyl groups excluding tert-OH is 1. The summed E-state index contributed by atoms with van der Waals surface area (Å²) in [6.45, 7) is 4.90. The van der Waals surface area contributed by atoms with Gasteiger partial charge in [-0.1, -0.05) is 6.92 Å². The van der Waals surface area contributed by atoms with Crippen LogP contribution in [0.1, 0.15) is 31.9 Å². The predicted molar refractivity (Wildman–Crippen MR) is 64.3 cm³/mol. The molecule has 5 heteroatoms. The molecule has 1 saturated carbocycles. The van der Waals surface area contributed by atoms with Gasteiger partial charge in [-0.25, -0.2) is 4.68 Å². The molecule has 0 spiro atoms. The second-order valence-corrected chi connectivity index (χ2v) is 4.54. The van der Waals surface area contributed by atoms with Crippen molar-refractivity contribution in [2.75, 3.05) is 11.1 Å². The van der Waals surface area contributed by atoms with Crippen LogP contribution in [0.5, 0.6) is 0 Å². The van der Waals surface area contributed by atoms with E-state index in [1.54, 1.807) is 0 Å². The molecule has 0 aromatic carbocycles. The highest BCUT2D eigenvalue weighted by atomic mass is 16.3. The summed E-state index contributed by atoms with van der Waals surface area (Å²) in [5.41, 5.74) is 7.59. The van der Waals surface area contributed by atoms with E-state index >= 15 is 0 Å². The highest BCUT2D eigenvalue weighted by molar-refractivity contribution is 5.65. The lowest BCUT2D eigenvalue weighted by atomic mass is 9.89. The van der Waals surface area contributed by atoms with Gasteiger partial charge in [0, 0.05) is 12.6 Å². The van der Waals surface area contributed by atoms with E-state index in [9.17, 15) is 5.11 Å². The van der Waals surface area contributed by atoms with Crippen molar-refractivity contribution < 1.29 is 5.11 Å². The lowest BCUT2D eigenvalue weighted by Gasteiger charge is -2.32. The van der Waals surface area contributed by atoms with Gasteiger partial charge in [0.1, 0.15) is 5.82 Å². The summed E-state index contributed by atoms with van der Waals surface area (Å²) < 4.78 is 1.93. The van der Waals surface area contributed by atoms with Gasteiger partial charge in [0.05, 0.1) is 17.5 Å². The van der Waals surface area contributed by atoms with E-state index in [2.05, 4.69) is 17.3 Å². The van der Waals surface area contributed by atoms with Gasteiger partial charge in [-0.3, -0.25) is 0 Å². The van der Waals surface area contributed by atoms with Crippen LogP contribution in [0.15, 0.2) is 0 Å². The monoisotopic (exact) mass is 224 g/mol. The number of aliphatic hydroxyl groups is 1. The molecule has 1 fully saturated rings. The zero-order valence-corrected chi connectivity index (χ0v) is 9.90. The van der Waals surface area contributed by atoms with Crippen molar-refractivity contribution in [3.05, 3.63) is 5.69 Å². The van der Waals surface area contributed by atoms with Gasteiger partial charge >= 0.3 is 0 Å². The SMILES string of the molecule is CCCn1nc(C)c(N)c1NC1CC(O)C1. The number of rotatable bonds is 4. The summed E-state index contributed by atoms with van der Waals surface area (Å²) in [4.78, 5) is 0. The number of aromatic nitrogens is 2. The Morgan fingerprint density at radius 1 is 1.56 bits per heavy atom. The lowest BCUT2D eigenvalue weighted by molar-refractivity contribution is 0.0834. The van der Waals surface area contributed by atoms with Gasteiger partial charge in [-0.15, -0.1) is 0 Å². The third-order valence-corrected chi connectivity index (χ3v) is 3.06. The van der Waals surface area contributed by atoms with Crippen molar-refractivity contribution in [2.24, 2.45) is 0 Å². The predicted octanol–water partition coefficient (Wildman–Crippen LogP) is 1.12. The Morgan fingerprint density at radius 2 is 2.25 bits per heavy atom. The number of hydrogen-bond acceptors (Lipinski definition) is 4. The first-order valence-electron chi connectivity index (χ1n) is 5.89. The standard InChI is InChI=1S/C11H20N4O/c1-3-4-15-11(10(12)7(2)14-15)13-8-5-9(16)6-8/h8-9,13,16H,3-6,12H2,1-2H3. The minimum Gasteiger partial charge on any atom is -0.394 e. The highest BCUT2D eigenvalue weighted by Crippen LogP contribution is 2.28. The number of nitrogens with one attached hydrogen (secondary N) is 1. The maximum absolute atomic E-state index is 9.25. The molecule has 0 amide bonds. The van der Waals surface area contributed by atoms with Gasteiger partial charge in [0.15, 0.2) is 0 Å². The molecule has 90 valence electrons. The van der Waals surface area contributed by atoms with E-state index in [1.807, 2.05) is 11.6 Å². The van der Waals surface area contributed by atoms with E-state index in [4.69, 9.17) is 5.73 Å². The summed E-state index contributed by atoms with van der Waals surface area (Å²) in [7, 11) is 0. The first kappa shape index (κ1) is 11.3. The molecule has 1 heterocycles. The Kier molecular flexibility index (Phi) is 3.05. The normalized spacial score (nSPS) is 24.2. The molecule has 1 aromatic rings. The molecule has 2 rings (SSSR count). The Labute approximate surface area is 95.6 Å². The minimum atomic E-state index is -0.151. The van der Waals surface area contributed by atoms with Crippen LogP contribution in [0.4, 0.5) is 11.5 Å².